The van der Waals surface area contributed by atoms with E-state index in [1.54, 1.807) is 24.3 Å². The molecule has 3 aromatic rings. The molecule has 0 saturated heterocycles. The van der Waals surface area contributed by atoms with Crippen molar-refractivity contribution in [3.8, 4) is 11.3 Å². The summed E-state index contributed by atoms with van der Waals surface area (Å²) in [5, 5.41) is 3.52. The van der Waals surface area contributed by atoms with Crippen molar-refractivity contribution in [2.24, 2.45) is 5.73 Å². The first-order valence-electron chi connectivity index (χ1n) is 8.28. The normalized spacial score (nSPS) is 12.7. The number of hydrogen-bond donors (Lipinski definition) is 2. The van der Waals surface area contributed by atoms with Crippen molar-refractivity contribution in [1.82, 2.24) is 9.97 Å². The topological polar surface area (TPSA) is 63.8 Å². The van der Waals surface area contributed by atoms with Gasteiger partial charge in [-0.05, 0) is 29.8 Å². The number of aromatic nitrogens is 2. The van der Waals surface area contributed by atoms with E-state index < -0.39 is 16.8 Å². The second kappa shape index (κ2) is 8.75. The zero-order valence-corrected chi connectivity index (χ0v) is 16.9. The van der Waals surface area contributed by atoms with E-state index in [1.165, 1.54) is 18.5 Å². The Hall–Kier alpha value is -2.06. The highest BCUT2D eigenvalue weighted by Crippen LogP contribution is 2.36. The van der Waals surface area contributed by atoms with E-state index in [2.05, 4.69) is 15.3 Å². The molecule has 0 bridgehead atoms. The molecule has 4 nitrogen and oxygen atoms in total. The minimum absolute atomic E-state index is 0.335. The summed E-state index contributed by atoms with van der Waals surface area (Å²) >= 11 is 17.7. The van der Waals surface area contributed by atoms with Crippen molar-refractivity contribution >= 4 is 40.6 Å². The molecule has 0 spiro atoms. The third-order valence-corrected chi connectivity index (χ3v) is 5.16. The predicted octanol–water partition coefficient (Wildman–Crippen LogP) is 6.23. The summed E-state index contributed by atoms with van der Waals surface area (Å²) in [6, 6.07) is 9.79. The molecule has 1 atom stereocenters. The first kappa shape index (κ1) is 21.6. The minimum atomic E-state index is -4.52. The summed E-state index contributed by atoms with van der Waals surface area (Å²) in [4.78, 5) is 8.20. The molecule has 0 aliphatic heterocycles. The van der Waals surface area contributed by atoms with Crippen LogP contribution in [0.5, 0.6) is 0 Å². The minimum Gasteiger partial charge on any atom is -0.368 e. The Labute approximate surface area is 179 Å². The highest BCUT2D eigenvalue weighted by molar-refractivity contribution is 6.42. The van der Waals surface area contributed by atoms with Gasteiger partial charge < -0.3 is 11.1 Å². The lowest BCUT2D eigenvalue weighted by molar-refractivity contribution is -0.137. The van der Waals surface area contributed by atoms with Gasteiger partial charge in [-0.1, -0.05) is 46.9 Å². The Morgan fingerprint density at radius 1 is 0.931 bits per heavy atom. The maximum atomic E-state index is 12.9. The summed E-state index contributed by atoms with van der Waals surface area (Å²) in [6.07, 6.45) is -3.22. The molecule has 29 heavy (non-hydrogen) atoms. The summed E-state index contributed by atoms with van der Waals surface area (Å²) in [5.41, 5.74) is 6.89. The summed E-state index contributed by atoms with van der Waals surface area (Å²) in [5.74, 6) is 0.460. The van der Waals surface area contributed by atoms with Crippen LogP contribution in [0.1, 0.15) is 17.2 Å². The Bertz CT molecular complexity index is 1030. The average Bonchev–Trinajstić information content (AvgIpc) is 2.67. The molecule has 0 amide bonds. The zero-order valence-electron chi connectivity index (χ0n) is 14.6. The third kappa shape index (κ3) is 5.30. The Kier molecular flexibility index (Phi) is 6.53. The Morgan fingerprint density at radius 2 is 1.69 bits per heavy atom. The number of hydrogen-bond acceptors (Lipinski definition) is 4. The number of nitrogens with zero attached hydrogens (tertiary/aromatic N) is 2. The van der Waals surface area contributed by atoms with Crippen LogP contribution in [0.2, 0.25) is 15.1 Å². The van der Waals surface area contributed by atoms with Gasteiger partial charge in [0.1, 0.15) is 12.1 Å². The number of halogens is 6. The maximum absolute atomic E-state index is 12.9. The molecule has 0 unspecified atom stereocenters. The number of nitrogens with two attached hydrogens (primary N) is 1. The molecule has 1 aromatic heterocycles. The predicted molar refractivity (Wildman–Crippen MR) is 109 cm³/mol. The van der Waals surface area contributed by atoms with E-state index in [0.29, 0.717) is 33.7 Å². The lowest BCUT2D eigenvalue weighted by Crippen LogP contribution is -2.21. The maximum Gasteiger partial charge on any atom is 0.417 e. The van der Waals surface area contributed by atoms with Crippen LogP contribution in [-0.2, 0) is 6.18 Å². The van der Waals surface area contributed by atoms with Crippen molar-refractivity contribution in [1.29, 1.82) is 0 Å². The van der Waals surface area contributed by atoms with Gasteiger partial charge in [-0.3, -0.25) is 0 Å². The van der Waals surface area contributed by atoms with Gasteiger partial charge in [0, 0.05) is 24.2 Å². The van der Waals surface area contributed by atoms with Gasteiger partial charge in [0.05, 0.1) is 26.3 Å². The number of rotatable bonds is 5. The first-order chi connectivity index (χ1) is 13.6. The quantitative estimate of drug-likeness (QED) is 0.472. The van der Waals surface area contributed by atoms with Crippen molar-refractivity contribution in [2.75, 3.05) is 11.9 Å². The van der Waals surface area contributed by atoms with Crippen LogP contribution >= 0.6 is 34.8 Å². The van der Waals surface area contributed by atoms with Crippen molar-refractivity contribution < 1.29 is 13.2 Å². The Morgan fingerprint density at radius 3 is 2.34 bits per heavy atom. The summed E-state index contributed by atoms with van der Waals surface area (Å²) in [7, 11) is 0. The lowest BCUT2D eigenvalue weighted by Gasteiger charge is -2.15. The van der Waals surface area contributed by atoms with E-state index in [4.69, 9.17) is 40.5 Å². The number of nitrogens with one attached hydrogen (secondary N) is 1. The van der Waals surface area contributed by atoms with Crippen LogP contribution in [0.3, 0.4) is 0 Å². The molecule has 152 valence electrons. The van der Waals surface area contributed by atoms with Gasteiger partial charge in [-0.15, -0.1) is 0 Å². The monoisotopic (exact) mass is 460 g/mol. The SMILES string of the molecule is N[C@H](CNc1cc(-c2ccc(C(F)(F)F)c(Cl)c2)ncn1)c1ccc(Cl)c(Cl)c1. The van der Waals surface area contributed by atoms with Gasteiger partial charge in [0.15, 0.2) is 0 Å². The van der Waals surface area contributed by atoms with Crippen LogP contribution in [0.15, 0.2) is 48.8 Å². The van der Waals surface area contributed by atoms with E-state index >= 15 is 0 Å². The zero-order chi connectivity index (χ0) is 21.2. The number of anilines is 1. The van der Waals surface area contributed by atoms with Gasteiger partial charge in [0.25, 0.3) is 0 Å². The van der Waals surface area contributed by atoms with Crippen LogP contribution in [0.4, 0.5) is 19.0 Å². The van der Waals surface area contributed by atoms with Crippen molar-refractivity contribution in [3.05, 3.63) is 75.0 Å². The second-order valence-electron chi connectivity index (χ2n) is 6.14. The fourth-order valence-electron chi connectivity index (χ4n) is 2.59. The smallest absolute Gasteiger partial charge is 0.368 e. The standard InChI is InChI=1S/C19H14Cl3F3N4/c20-13-4-2-10(5-15(13)22)16(26)8-27-18-7-17(28-9-29-18)11-1-3-12(14(21)6-11)19(23,24)25/h1-7,9,16H,8,26H2,(H,27,28,29)/t16-/m1/s1. The van der Waals surface area contributed by atoms with Gasteiger partial charge >= 0.3 is 6.18 Å². The van der Waals surface area contributed by atoms with Crippen LogP contribution in [0.25, 0.3) is 11.3 Å². The van der Waals surface area contributed by atoms with E-state index in [-0.39, 0.29) is 6.04 Å². The summed E-state index contributed by atoms with van der Waals surface area (Å²) < 4.78 is 38.6. The molecular weight excluding hydrogens is 448 g/mol. The van der Waals surface area contributed by atoms with Crippen molar-refractivity contribution in [3.63, 3.8) is 0 Å². The largest absolute Gasteiger partial charge is 0.417 e. The molecule has 3 N–H and O–H groups in total. The van der Waals surface area contributed by atoms with Gasteiger partial charge in [-0.25, -0.2) is 9.97 Å². The van der Waals surface area contributed by atoms with E-state index in [1.807, 2.05) is 0 Å². The molecule has 1 heterocycles. The highest BCUT2D eigenvalue weighted by Gasteiger charge is 2.33. The van der Waals surface area contributed by atoms with Crippen molar-refractivity contribution in [2.45, 2.75) is 12.2 Å². The van der Waals surface area contributed by atoms with Crippen LogP contribution < -0.4 is 11.1 Å². The summed E-state index contributed by atoms with van der Waals surface area (Å²) in [6.45, 7) is 0.335. The molecular formula is C19H14Cl3F3N4. The lowest BCUT2D eigenvalue weighted by atomic mass is 10.1. The molecule has 0 saturated carbocycles. The highest BCUT2D eigenvalue weighted by atomic mass is 35.5. The number of alkyl halides is 3. The van der Waals surface area contributed by atoms with Gasteiger partial charge in [0.2, 0.25) is 0 Å². The number of benzene rings is 2. The van der Waals surface area contributed by atoms with Gasteiger partial charge in [-0.2, -0.15) is 13.2 Å². The molecule has 10 heteroatoms. The van der Waals surface area contributed by atoms with Crippen LogP contribution in [0, 0.1) is 0 Å². The van der Waals surface area contributed by atoms with E-state index in [9.17, 15) is 13.2 Å². The van der Waals surface area contributed by atoms with E-state index in [0.717, 1.165) is 11.6 Å². The molecule has 0 aliphatic carbocycles. The molecule has 0 fully saturated rings. The Balaban J connectivity index is 1.74. The average molecular weight is 462 g/mol. The molecule has 2 aromatic carbocycles. The van der Waals surface area contributed by atoms with Crippen LogP contribution in [-0.4, -0.2) is 16.5 Å². The first-order valence-corrected chi connectivity index (χ1v) is 9.42. The fraction of sp³-hybridized carbons (Fsp3) is 0.158. The molecule has 0 radical (unpaired) electrons. The third-order valence-electron chi connectivity index (χ3n) is 4.11. The molecule has 3 rings (SSSR count). The fourth-order valence-corrected chi connectivity index (χ4v) is 3.19. The second-order valence-corrected chi connectivity index (χ2v) is 7.36. The molecule has 0 aliphatic rings.